The molecule has 28 heavy (non-hydrogen) atoms. The highest BCUT2D eigenvalue weighted by Crippen LogP contribution is 2.38. The fraction of sp³-hybridized carbons (Fsp3) is 0.591. The Balaban J connectivity index is 1.93. The first-order valence-corrected chi connectivity index (χ1v) is 10.3. The molecule has 3 amide bonds. The van der Waals surface area contributed by atoms with Crippen molar-refractivity contribution in [3.05, 3.63) is 41.7 Å². The van der Waals surface area contributed by atoms with Gasteiger partial charge in [0.05, 0.1) is 12.2 Å². The molecule has 0 aromatic carbocycles. The van der Waals surface area contributed by atoms with E-state index in [9.17, 15) is 9.59 Å². The fourth-order valence-corrected chi connectivity index (χ4v) is 3.93. The summed E-state index contributed by atoms with van der Waals surface area (Å²) in [4.78, 5) is 28.4. The van der Waals surface area contributed by atoms with Crippen LogP contribution in [0.4, 0.5) is 4.79 Å². The number of nitrogens with zero attached hydrogens (tertiary/aromatic N) is 1. The number of aromatic nitrogens is 1. The number of carbonyl (C=O) groups excluding carboxylic acids is 2. The molecule has 1 aromatic heterocycles. The molecule has 6 nitrogen and oxygen atoms in total. The largest absolute Gasteiger partial charge is 0.350 e. The molecule has 3 atom stereocenters. The molecule has 0 radical (unpaired) electrons. The van der Waals surface area contributed by atoms with Gasteiger partial charge in [-0.2, -0.15) is 0 Å². The number of allylic oxidation sites excluding steroid dienone is 1. The Morgan fingerprint density at radius 3 is 2.64 bits per heavy atom. The van der Waals surface area contributed by atoms with E-state index in [1.54, 1.807) is 6.20 Å². The SMILES string of the molecule is CCNC(=O)NCC1C=C(C)C(CC(=O)NCc2ccccn2)CC1C(C)C. The maximum Gasteiger partial charge on any atom is 0.314 e. The van der Waals surface area contributed by atoms with Crippen molar-refractivity contribution in [3.63, 3.8) is 0 Å². The van der Waals surface area contributed by atoms with Crippen LogP contribution in [0, 0.1) is 23.7 Å². The Labute approximate surface area is 168 Å². The summed E-state index contributed by atoms with van der Waals surface area (Å²) < 4.78 is 0. The van der Waals surface area contributed by atoms with E-state index in [1.807, 2.05) is 25.1 Å². The monoisotopic (exact) mass is 386 g/mol. The Kier molecular flexibility index (Phi) is 8.48. The summed E-state index contributed by atoms with van der Waals surface area (Å²) in [5.41, 5.74) is 2.11. The summed E-state index contributed by atoms with van der Waals surface area (Å²) in [6, 6.07) is 5.58. The number of rotatable bonds is 8. The number of urea groups is 1. The normalized spacial score (nSPS) is 21.8. The lowest BCUT2D eigenvalue weighted by Gasteiger charge is -2.37. The molecule has 0 fully saturated rings. The molecule has 1 aliphatic carbocycles. The number of pyridine rings is 1. The molecule has 6 heteroatoms. The standard InChI is InChI=1S/C22H34N4O2/c1-5-23-22(28)26-13-18-10-16(4)17(11-20(18)15(2)3)12-21(27)25-14-19-8-6-7-9-24-19/h6-10,15,17-18,20H,5,11-14H2,1-4H3,(H,25,27)(H2,23,26,28). The number of hydrogen-bond acceptors (Lipinski definition) is 3. The lowest BCUT2D eigenvalue weighted by molar-refractivity contribution is -0.122. The summed E-state index contributed by atoms with van der Waals surface area (Å²) in [5, 5.41) is 8.73. The van der Waals surface area contributed by atoms with Crippen molar-refractivity contribution in [1.82, 2.24) is 20.9 Å². The number of nitrogens with one attached hydrogen (secondary N) is 3. The molecule has 2 rings (SSSR count). The number of carbonyl (C=O) groups is 2. The zero-order valence-corrected chi connectivity index (χ0v) is 17.5. The Bertz CT molecular complexity index is 672. The van der Waals surface area contributed by atoms with Gasteiger partial charge in [-0.1, -0.05) is 31.6 Å². The van der Waals surface area contributed by atoms with Crippen LogP contribution in [0.2, 0.25) is 0 Å². The van der Waals surface area contributed by atoms with Gasteiger partial charge in [-0.15, -0.1) is 0 Å². The third-order valence-corrected chi connectivity index (χ3v) is 5.54. The van der Waals surface area contributed by atoms with E-state index in [0.29, 0.717) is 43.8 Å². The highest BCUT2D eigenvalue weighted by atomic mass is 16.2. The summed E-state index contributed by atoms with van der Waals surface area (Å²) in [6.07, 6.45) is 5.46. The van der Waals surface area contributed by atoms with E-state index < -0.39 is 0 Å². The van der Waals surface area contributed by atoms with Gasteiger partial charge in [-0.05, 0) is 56.1 Å². The molecule has 1 heterocycles. The first-order valence-electron chi connectivity index (χ1n) is 10.3. The topological polar surface area (TPSA) is 83.1 Å². The van der Waals surface area contributed by atoms with Crippen molar-refractivity contribution in [2.24, 2.45) is 23.7 Å². The number of amides is 3. The van der Waals surface area contributed by atoms with Crippen molar-refractivity contribution in [2.75, 3.05) is 13.1 Å². The van der Waals surface area contributed by atoms with Crippen molar-refractivity contribution < 1.29 is 9.59 Å². The van der Waals surface area contributed by atoms with Crippen LogP contribution >= 0.6 is 0 Å². The first-order chi connectivity index (χ1) is 13.4. The minimum atomic E-state index is -0.118. The van der Waals surface area contributed by atoms with Gasteiger partial charge in [-0.25, -0.2) is 4.79 Å². The van der Waals surface area contributed by atoms with Crippen LogP contribution in [0.3, 0.4) is 0 Å². The van der Waals surface area contributed by atoms with Gasteiger partial charge < -0.3 is 16.0 Å². The van der Waals surface area contributed by atoms with E-state index in [4.69, 9.17) is 0 Å². The van der Waals surface area contributed by atoms with E-state index >= 15 is 0 Å². The summed E-state index contributed by atoms with van der Waals surface area (Å²) in [6.45, 7) is 10.2. The third-order valence-electron chi connectivity index (χ3n) is 5.54. The maximum atomic E-state index is 12.4. The molecule has 0 saturated carbocycles. The van der Waals surface area contributed by atoms with Crippen LogP contribution in [0.5, 0.6) is 0 Å². The van der Waals surface area contributed by atoms with E-state index in [0.717, 1.165) is 12.1 Å². The van der Waals surface area contributed by atoms with Crippen LogP contribution in [0.1, 0.15) is 46.2 Å². The molecular weight excluding hydrogens is 352 g/mol. The Hall–Kier alpha value is -2.37. The second-order valence-corrected chi connectivity index (χ2v) is 7.96. The molecule has 1 aliphatic rings. The zero-order chi connectivity index (χ0) is 20.5. The quantitative estimate of drug-likeness (QED) is 0.600. The van der Waals surface area contributed by atoms with Crippen molar-refractivity contribution in [2.45, 2.75) is 47.1 Å². The van der Waals surface area contributed by atoms with Crippen LogP contribution in [0.15, 0.2) is 36.0 Å². The molecule has 0 bridgehead atoms. The van der Waals surface area contributed by atoms with E-state index in [1.165, 1.54) is 5.57 Å². The van der Waals surface area contributed by atoms with Crippen LogP contribution in [-0.2, 0) is 11.3 Å². The van der Waals surface area contributed by atoms with Crippen LogP contribution in [0.25, 0.3) is 0 Å². The average Bonchev–Trinajstić information content (AvgIpc) is 2.67. The summed E-state index contributed by atoms with van der Waals surface area (Å²) in [5.74, 6) is 1.54. The van der Waals surface area contributed by atoms with E-state index in [-0.39, 0.29) is 17.9 Å². The molecule has 0 aliphatic heterocycles. The average molecular weight is 387 g/mol. The molecule has 3 N–H and O–H groups in total. The molecule has 154 valence electrons. The summed E-state index contributed by atoms with van der Waals surface area (Å²) in [7, 11) is 0. The predicted molar refractivity (Wildman–Crippen MR) is 111 cm³/mol. The highest BCUT2D eigenvalue weighted by Gasteiger charge is 2.32. The zero-order valence-electron chi connectivity index (χ0n) is 17.5. The summed E-state index contributed by atoms with van der Waals surface area (Å²) >= 11 is 0. The lowest BCUT2D eigenvalue weighted by atomic mass is 9.70. The molecule has 1 aromatic rings. The second-order valence-electron chi connectivity index (χ2n) is 7.96. The van der Waals surface area contributed by atoms with Crippen molar-refractivity contribution in [1.29, 1.82) is 0 Å². The Morgan fingerprint density at radius 1 is 1.21 bits per heavy atom. The maximum absolute atomic E-state index is 12.4. The highest BCUT2D eigenvalue weighted by molar-refractivity contribution is 5.76. The minimum Gasteiger partial charge on any atom is -0.350 e. The van der Waals surface area contributed by atoms with Crippen molar-refractivity contribution >= 4 is 11.9 Å². The van der Waals surface area contributed by atoms with Gasteiger partial charge in [0.25, 0.3) is 0 Å². The lowest BCUT2D eigenvalue weighted by Crippen LogP contribution is -2.41. The smallest absolute Gasteiger partial charge is 0.314 e. The Morgan fingerprint density at radius 2 is 2.00 bits per heavy atom. The van der Waals surface area contributed by atoms with Crippen LogP contribution in [-0.4, -0.2) is 30.0 Å². The van der Waals surface area contributed by atoms with Gasteiger partial charge in [0.15, 0.2) is 0 Å². The number of hydrogen-bond donors (Lipinski definition) is 3. The molecule has 3 unspecified atom stereocenters. The third kappa shape index (κ3) is 6.66. The van der Waals surface area contributed by atoms with Gasteiger partial charge in [0.2, 0.25) is 5.91 Å². The van der Waals surface area contributed by atoms with Gasteiger partial charge in [-0.3, -0.25) is 9.78 Å². The first kappa shape index (κ1) is 21.9. The second kappa shape index (κ2) is 10.8. The molecular formula is C22H34N4O2. The predicted octanol–water partition coefficient (Wildman–Crippen LogP) is 3.26. The minimum absolute atomic E-state index is 0.0600. The van der Waals surface area contributed by atoms with Crippen LogP contribution < -0.4 is 16.0 Å². The van der Waals surface area contributed by atoms with Gasteiger partial charge >= 0.3 is 6.03 Å². The van der Waals surface area contributed by atoms with E-state index in [2.05, 4.69) is 47.8 Å². The molecule has 0 saturated heterocycles. The van der Waals surface area contributed by atoms with Crippen molar-refractivity contribution in [3.8, 4) is 0 Å². The van der Waals surface area contributed by atoms with Gasteiger partial charge in [0.1, 0.15) is 0 Å². The molecule has 0 spiro atoms. The van der Waals surface area contributed by atoms with Gasteiger partial charge in [0, 0.05) is 25.7 Å². The fourth-order valence-electron chi connectivity index (χ4n) is 3.93.